The van der Waals surface area contributed by atoms with Gasteiger partial charge in [0.1, 0.15) is 5.82 Å². The van der Waals surface area contributed by atoms with Crippen molar-refractivity contribution in [2.75, 3.05) is 5.32 Å². The maximum absolute atomic E-state index is 13.0. The van der Waals surface area contributed by atoms with Crippen LogP contribution in [0.1, 0.15) is 39.5 Å². The molecule has 2 aromatic carbocycles. The first kappa shape index (κ1) is 16.3. The lowest BCUT2D eigenvalue weighted by Gasteiger charge is -2.23. The van der Waals surface area contributed by atoms with Gasteiger partial charge in [0.05, 0.1) is 17.3 Å². The largest absolute Gasteiger partial charge is 0.310 e. The number of amides is 1. The summed E-state index contributed by atoms with van der Waals surface area (Å²) in [6.07, 6.45) is 0.140. The summed E-state index contributed by atoms with van der Waals surface area (Å²) >= 11 is 0. The second kappa shape index (κ2) is 6.26. The lowest BCUT2D eigenvalue weighted by molar-refractivity contribution is -0.116. The predicted molar refractivity (Wildman–Crippen MR) is 99.8 cm³/mol. The van der Waals surface area contributed by atoms with Crippen molar-refractivity contribution in [3.8, 4) is 5.69 Å². The Hall–Kier alpha value is -3.21. The summed E-state index contributed by atoms with van der Waals surface area (Å²) in [4.78, 5) is 25.4. The minimum absolute atomic E-state index is 0.0476. The van der Waals surface area contributed by atoms with E-state index < -0.39 is 5.92 Å². The molecule has 26 heavy (non-hydrogen) atoms. The highest BCUT2D eigenvalue weighted by Crippen LogP contribution is 2.38. The molecular formula is C21H19N3O2. The number of aromatic nitrogens is 2. The topological polar surface area (TPSA) is 64.0 Å². The molecule has 0 bridgehead atoms. The molecule has 4 rings (SSSR count). The van der Waals surface area contributed by atoms with Gasteiger partial charge in [0.25, 0.3) is 0 Å². The molecule has 1 aliphatic rings. The zero-order valence-corrected chi connectivity index (χ0v) is 14.7. The zero-order valence-electron chi connectivity index (χ0n) is 14.7. The summed E-state index contributed by atoms with van der Waals surface area (Å²) in [6, 6.07) is 17.0. The molecule has 0 spiro atoms. The van der Waals surface area contributed by atoms with E-state index >= 15 is 0 Å². The lowest BCUT2D eigenvalue weighted by Crippen LogP contribution is -2.28. The van der Waals surface area contributed by atoms with Gasteiger partial charge in [0, 0.05) is 17.5 Å². The molecular weight excluding hydrogens is 326 g/mol. The fourth-order valence-electron chi connectivity index (χ4n) is 3.52. The molecule has 1 atom stereocenters. The number of benzene rings is 2. The number of ketones is 1. The Bertz CT molecular complexity index is 1010. The zero-order chi connectivity index (χ0) is 18.3. The van der Waals surface area contributed by atoms with E-state index in [1.54, 1.807) is 16.8 Å². The Labute approximate surface area is 151 Å². The quantitative estimate of drug-likeness (QED) is 0.735. The van der Waals surface area contributed by atoms with Crippen molar-refractivity contribution in [2.45, 2.75) is 26.2 Å². The van der Waals surface area contributed by atoms with E-state index in [-0.39, 0.29) is 18.1 Å². The number of nitrogens with zero attached hydrogens (tertiary/aromatic N) is 2. The maximum atomic E-state index is 13.0. The fraction of sp³-hybridized carbons (Fsp3) is 0.190. The van der Waals surface area contributed by atoms with Crippen LogP contribution in [0.5, 0.6) is 0 Å². The standard InChI is InChI=1S/C21H19N3O2/c1-13-7-6-10-16(11-13)24-21-19(14(2)23-24)17(12-18(25)22-21)20(26)15-8-4-3-5-9-15/h3-11,17H,12H2,1-2H3,(H,22,25). The number of rotatable bonds is 3. The van der Waals surface area contributed by atoms with E-state index in [4.69, 9.17) is 0 Å². The molecule has 1 N–H and O–H groups in total. The van der Waals surface area contributed by atoms with Crippen molar-refractivity contribution >= 4 is 17.5 Å². The Morgan fingerprint density at radius 3 is 2.62 bits per heavy atom. The number of carbonyl (C=O) groups is 2. The first-order chi connectivity index (χ1) is 12.5. The van der Waals surface area contributed by atoms with Crippen LogP contribution in [0.25, 0.3) is 5.69 Å². The minimum Gasteiger partial charge on any atom is -0.310 e. The normalized spacial score (nSPS) is 16.1. The molecule has 0 saturated carbocycles. The van der Waals surface area contributed by atoms with Crippen LogP contribution in [0.15, 0.2) is 54.6 Å². The molecule has 130 valence electrons. The maximum Gasteiger partial charge on any atom is 0.226 e. The summed E-state index contributed by atoms with van der Waals surface area (Å²) in [6.45, 7) is 3.89. The Morgan fingerprint density at radius 2 is 1.88 bits per heavy atom. The van der Waals surface area contributed by atoms with Crippen LogP contribution in [-0.4, -0.2) is 21.5 Å². The van der Waals surface area contributed by atoms with Crippen molar-refractivity contribution in [2.24, 2.45) is 0 Å². The second-order valence-electron chi connectivity index (χ2n) is 6.63. The van der Waals surface area contributed by atoms with Gasteiger partial charge in [-0.2, -0.15) is 5.10 Å². The Morgan fingerprint density at radius 1 is 1.12 bits per heavy atom. The van der Waals surface area contributed by atoms with Crippen molar-refractivity contribution in [3.63, 3.8) is 0 Å². The number of carbonyl (C=O) groups excluding carboxylic acids is 2. The second-order valence-corrected chi connectivity index (χ2v) is 6.63. The van der Waals surface area contributed by atoms with Gasteiger partial charge >= 0.3 is 0 Å². The third-order valence-corrected chi connectivity index (χ3v) is 4.72. The molecule has 0 radical (unpaired) electrons. The van der Waals surface area contributed by atoms with Gasteiger partial charge in [-0.15, -0.1) is 0 Å². The number of Topliss-reactive ketones (excluding diaryl/α,β-unsaturated/α-hetero) is 1. The van der Waals surface area contributed by atoms with Gasteiger partial charge in [0.15, 0.2) is 5.78 Å². The van der Waals surface area contributed by atoms with E-state index in [0.29, 0.717) is 11.4 Å². The Kier molecular flexibility index (Phi) is 3.92. The van der Waals surface area contributed by atoms with E-state index in [9.17, 15) is 9.59 Å². The van der Waals surface area contributed by atoms with Crippen molar-refractivity contribution in [1.29, 1.82) is 0 Å². The highest BCUT2D eigenvalue weighted by Gasteiger charge is 2.36. The molecule has 0 fully saturated rings. The van der Waals surface area contributed by atoms with Crippen molar-refractivity contribution in [1.82, 2.24) is 9.78 Å². The number of hydrogen-bond acceptors (Lipinski definition) is 3. The molecule has 3 aromatic rings. The van der Waals surface area contributed by atoms with Gasteiger partial charge in [-0.3, -0.25) is 9.59 Å². The van der Waals surface area contributed by atoms with E-state index in [2.05, 4.69) is 10.4 Å². The minimum atomic E-state index is -0.514. The monoisotopic (exact) mass is 345 g/mol. The summed E-state index contributed by atoms with van der Waals surface area (Å²) in [5.41, 5.74) is 4.14. The van der Waals surface area contributed by atoms with Gasteiger partial charge in [0.2, 0.25) is 5.91 Å². The summed E-state index contributed by atoms with van der Waals surface area (Å²) in [5.74, 6) is -0.132. The van der Waals surface area contributed by atoms with E-state index in [1.807, 2.05) is 56.3 Å². The third-order valence-electron chi connectivity index (χ3n) is 4.72. The number of anilines is 1. The van der Waals surface area contributed by atoms with Gasteiger partial charge in [-0.05, 0) is 31.5 Å². The number of hydrogen-bond donors (Lipinski definition) is 1. The van der Waals surface area contributed by atoms with Crippen LogP contribution in [0.2, 0.25) is 0 Å². The molecule has 1 unspecified atom stereocenters. The van der Waals surface area contributed by atoms with Crippen molar-refractivity contribution in [3.05, 3.63) is 77.0 Å². The summed E-state index contributed by atoms with van der Waals surface area (Å²) in [5, 5.41) is 7.53. The highest BCUT2D eigenvalue weighted by atomic mass is 16.2. The molecule has 0 aliphatic carbocycles. The number of aryl methyl sites for hydroxylation is 2. The highest BCUT2D eigenvalue weighted by molar-refractivity contribution is 6.07. The lowest BCUT2D eigenvalue weighted by atomic mass is 9.85. The fourth-order valence-corrected chi connectivity index (χ4v) is 3.52. The summed E-state index contributed by atoms with van der Waals surface area (Å²) < 4.78 is 1.72. The van der Waals surface area contributed by atoms with Gasteiger partial charge in [-0.1, -0.05) is 42.5 Å². The van der Waals surface area contributed by atoms with Crippen LogP contribution in [-0.2, 0) is 4.79 Å². The molecule has 1 aromatic heterocycles. The van der Waals surface area contributed by atoms with E-state index in [0.717, 1.165) is 22.5 Å². The average molecular weight is 345 g/mol. The molecule has 5 heteroatoms. The molecule has 1 aliphatic heterocycles. The first-order valence-electron chi connectivity index (χ1n) is 8.60. The van der Waals surface area contributed by atoms with Crippen LogP contribution < -0.4 is 5.32 Å². The van der Waals surface area contributed by atoms with Gasteiger partial charge < -0.3 is 5.32 Å². The smallest absolute Gasteiger partial charge is 0.226 e. The van der Waals surface area contributed by atoms with Crippen molar-refractivity contribution < 1.29 is 9.59 Å². The predicted octanol–water partition coefficient (Wildman–Crippen LogP) is 3.80. The first-order valence-corrected chi connectivity index (χ1v) is 8.60. The average Bonchev–Trinajstić information content (AvgIpc) is 2.97. The molecule has 0 saturated heterocycles. The van der Waals surface area contributed by atoms with Crippen LogP contribution >= 0.6 is 0 Å². The SMILES string of the molecule is Cc1cccc(-n2nc(C)c3c2NC(=O)CC3C(=O)c2ccccc2)c1. The Balaban J connectivity index is 1.84. The van der Waals surface area contributed by atoms with Crippen LogP contribution in [0.3, 0.4) is 0 Å². The number of fused-ring (bicyclic) bond motifs is 1. The molecule has 2 heterocycles. The van der Waals surface area contributed by atoms with E-state index in [1.165, 1.54) is 0 Å². The third kappa shape index (κ3) is 2.71. The number of nitrogens with one attached hydrogen (secondary N) is 1. The van der Waals surface area contributed by atoms with Gasteiger partial charge in [-0.25, -0.2) is 4.68 Å². The summed E-state index contributed by atoms with van der Waals surface area (Å²) in [7, 11) is 0. The van der Waals surface area contributed by atoms with Crippen LogP contribution in [0, 0.1) is 13.8 Å². The van der Waals surface area contributed by atoms with Crippen LogP contribution in [0.4, 0.5) is 5.82 Å². The molecule has 5 nitrogen and oxygen atoms in total. The molecule has 1 amide bonds.